The molecule has 1 spiro atoms. The average molecular weight is 356 g/mol. The molecule has 5 heteroatoms. The van der Waals surface area contributed by atoms with Gasteiger partial charge in [0.05, 0.1) is 6.20 Å². The van der Waals surface area contributed by atoms with Crippen LogP contribution in [0.15, 0.2) is 48.7 Å². The zero-order valence-electron chi connectivity index (χ0n) is 15.0. The van der Waals surface area contributed by atoms with E-state index in [1.54, 1.807) is 0 Å². The van der Waals surface area contributed by atoms with E-state index in [0.717, 1.165) is 43.6 Å². The molecule has 0 saturated carbocycles. The van der Waals surface area contributed by atoms with Crippen LogP contribution in [0.1, 0.15) is 23.2 Å². The molecular weight excluding hydrogens is 336 g/mol. The molecule has 6 rings (SSSR count). The lowest BCUT2D eigenvalue weighted by molar-refractivity contribution is -0.120. The topological polar surface area (TPSA) is 61.0 Å². The minimum absolute atomic E-state index is 0.193. The van der Waals surface area contributed by atoms with Gasteiger partial charge in [-0.3, -0.25) is 9.89 Å². The summed E-state index contributed by atoms with van der Waals surface area (Å²) in [6, 6.07) is 14.7. The SMILES string of the molecule is O=C1N(c2ccc3c(c2)CCc2[nH]ncc2-3)CCC12Cc1ccccc1N2. The predicted octanol–water partition coefficient (Wildman–Crippen LogP) is 3.32. The highest BCUT2D eigenvalue weighted by Gasteiger charge is 2.50. The number of nitrogens with one attached hydrogen (secondary N) is 2. The second kappa shape index (κ2) is 5.22. The van der Waals surface area contributed by atoms with E-state index in [1.807, 2.05) is 23.2 Å². The van der Waals surface area contributed by atoms with E-state index in [-0.39, 0.29) is 5.91 Å². The first-order chi connectivity index (χ1) is 13.2. The minimum Gasteiger partial charge on any atom is -0.371 e. The molecule has 0 bridgehead atoms. The molecule has 1 saturated heterocycles. The number of rotatable bonds is 1. The van der Waals surface area contributed by atoms with Gasteiger partial charge >= 0.3 is 0 Å². The van der Waals surface area contributed by atoms with Gasteiger partial charge in [-0.25, -0.2) is 0 Å². The first kappa shape index (κ1) is 15.0. The van der Waals surface area contributed by atoms with E-state index in [1.165, 1.54) is 27.9 Å². The summed E-state index contributed by atoms with van der Waals surface area (Å²) in [7, 11) is 0. The van der Waals surface area contributed by atoms with E-state index in [2.05, 4.69) is 45.8 Å². The van der Waals surface area contributed by atoms with Crippen LogP contribution in [0, 0.1) is 0 Å². The Morgan fingerprint density at radius 3 is 2.89 bits per heavy atom. The number of hydrogen-bond donors (Lipinski definition) is 2. The third kappa shape index (κ3) is 2.05. The molecule has 27 heavy (non-hydrogen) atoms. The van der Waals surface area contributed by atoms with Crippen LogP contribution in [0.2, 0.25) is 0 Å². The summed E-state index contributed by atoms with van der Waals surface area (Å²) < 4.78 is 0. The molecule has 134 valence electrons. The highest BCUT2D eigenvalue weighted by atomic mass is 16.2. The molecule has 3 heterocycles. The van der Waals surface area contributed by atoms with Crippen LogP contribution in [0.4, 0.5) is 11.4 Å². The van der Waals surface area contributed by atoms with Crippen molar-refractivity contribution in [2.75, 3.05) is 16.8 Å². The largest absolute Gasteiger partial charge is 0.371 e. The molecule has 2 aromatic carbocycles. The van der Waals surface area contributed by atoms with Gasteiger partial charge in [-0.15, -0.1) is 0 Å². The Hall–Kier alpha value is -3.08. The van der Waals surface area contributed by atoms with Crippen molar-refractivity contribution in [2.24, 2.45) is 0 Å². The van der Waals surface area contributed by atoms with Crippen LogP contribution in [-0.4, -0.2) is 28.2 Å². The molecule has 1 unspecified atom stereocenters. The van der Waals surface area contributed by atoms with E-state index in [0.29, 0.717) is 0 Å². The van der Waals surface area contributed by atoms with E-state index < -0.39 is 5.54 Å². The number of aryl methyl sites for hydroxylation is 2. The van der Waals surface area contributed by atoms with Crippen molar-refractivity contribution in [1.82, 2.24) is 10.2 Å². The molecule has 1 atom stereocenters. The number of nitrogens with zero attached hydrogens (tertiary/aromatic N) is 2. The summed E-state index contributed by atoms with van der Waals surface area (Å²) in [6.45, 7) is 0.759. The van der Waals surface area contributed by atoms with Crippen LogP contribution in [0.25, 0.3) is 11.1 Å². The smallest absolute Gasteiger partial charge is 0.253 e. The van der Waals surface area contributed by atoms with E-state index in [9.17, 15) is 4.79 Å². The Bertz CT molecular complexity index is 1060. The maximum absolute atomic E-state index is 13.4. The standard InChI is InChI=1S/C22H20N4O/c27-21-22(12-15-3-1-2-4-19(15)24-22)9-10-26(21)16-6-7-17-14(11-16)5-8-20-18(17)13-23-25-20/h1-4,6-7,11,13,24H,5,8-10,12H2,(H,23,25). The van der Waals surface area contributed by atoms with Crippen molar-refractivity contribution in [3.8, 4) is 11.1 Å². The van der Waals surface area contributed by atoms with Crippen molar-refractivity contribution in [2.45, 2.75) is 31.2 Å². The Morgan fingerprint density at radius 2 is 1.96 bits per heavy atom. The summed E-state index contributed by atoms with van der Waals surface area (Å²) in [6.07, 6.45) is 5.48. The Balaban J connectivity index is 1.33. The minimum atomic E-state index is -0.475. The van der Waals surface area contributed by atoms with Crippen LogP contribution in [0.5, 0.6) is 0 Å². The van der Waals surface area contributed by atoms with Gasteiger partial charge in [0.25, 0.3) is 5.91 Å². The number of benzene rings is 2. The number of H-pyrrole nitrogens is 1. The fourth-order valence-electron chi connectivity index (χ4n) is 4.93. The molecule has 1 amide bonds. The van der Waals surface area contributed by atoms with Crippen molar-refractivity contribution in [1.29, 1.82) is 0 Å². The third-order valence-corrected chi connectivity index (χ3v) is 6.35. The van der Waals surface area contributed by atoms with Crippen LogP contribution in [0.3, 0.4) is 0 Å². The number of para-hydroxylation sites is 1. The molecule has 2 aliphatic heterocycles. The highest BCUT2D eigenvalue weighted by molar-refractivity contribution is 6.06. The van der Waals surface area contributed by atoms with Gasteiger partial charge in [0.15, 0.2) is 0 Å². The number of hydrogen-bond acceptors (Lipinski definition) is 3. The molecule has 2 N–H and O–H groups in total. The molecule has 1 fully saturated rings. The molecular formula is C22H20N4O. The lowest BCUT2D eigenvalue weighted by Gasteiger charge is -2.25. The van der Waals surface area contributed by atoms with Crippen molar-refractivity contribution in [3.63, 3.8) is 0 Å². The van der Waals surface area contributed by atoms with E-state index in [4.69, 9.17) is 0 Å². The maximum Gasteiger partial charge on any atom is 0.253 e. The predicted molar refractivity (Wildman–Crippen MR) is 105 cm³/mol. The highest BCUT2D eigenvalue weighted by Crippen LogP contribution is 2.41. The number of fused-ring (bicyclic) bond motifs is 4. The Kier molecular flexibility index (Phi) is 2.91. The first-order valence-electron chi connectivity index (χ1n) is 9.57. The number of aromatic amines is 1. The summed E-state index contributed by atoms with van der Waals surface area (Å²) in [4.78, 5) is 15.3. The fourth-order valence-corrected chi connectivity index (χ4v) is 4.93. The summed E-state index contributed by atoms with van der Waals surface area (Å²) in [5, 5.41) is 10.8. The number of carbonyl (C=O) groups excluding carboxylic acids is 1. The summed E-state index contributed by atoms with van der Waals surface area (Å²) in [5.41, 5.74) is 7.83. The second-order valence-corrected chi connectivity index (χ2v) is 7.85. The molecule has 3 aliphatic rings. The summed E-state index contributed by atoms with van der Waals surface area (Å²) >= 11 is 0. The van der Waals surface area contributed by atoms with Gasteiger partial charge in [0.1, 0.15) is 5.54 Å². The zero-order chi connectivity index (χ0) is 18.0. The van der Waals surface area contributed by atoms with Gasteiger partial charge in [-0.1, -0.05) is 24.3 Å². The molecule has 3 aromatic rings. The van der Waals surface area contributed by atoms with Gasteiger partial charge in [-0.05, 0) is 54.2 Å². The maximum atomic E-state index is 13.4. The zero-order valence-corrected chi connectivity index (χ0v) is 15.0. The van der Waals surface area contributed by atoms with Crippen LogP contribution < -0.4 is 10.2 Å². The van der Waals surface area contributed by atoms with Crippen molar-refractivity contribution >= 4 is 17.3 Å². The van der Waals surface area contributed by atoms with Crippen molar-refractivity contribution < 1.29 is 4.79 Å². The second-order valence-electron chi connectivity index (χ2n) is 7.85. The van der Waals surface area contributed by atoms with Gasteiger partial charge in [-0.2, -0.15) is 5.10 Å². The average Bonchev–Trinajstić information content (AvgIpc) is 3.39. The Labute approximate surface area is 157 Å². The quantitative estimate of drug-likeness (QED) is 0.703. The lowest BCUT2D eigenvalue weighted by atomic mass is 9.89. The normalized spacial score (nSPS) is 22.5. The number of aromatic nitrogens is 2. The van der Waals surface area contributed by atoms with Gasteiger partial charge in [0.2, 0.25) is 0 Å². The number of amides is 1. The van der Waals surface area contributed by atoms with E-state index >= 15 is 0 Å². The third-order valence-electron chi connectivity index (χ3n) is 6.35. The fraction of sp³-hybridized carbons (Fsp3) is 0.273. The van der Waals surface area contributed by atoms with Gasteiger partial charge in [0, 0.05) is 35.6 Å². The number of carbonyl (C=O) groups is 1. The molecule has 1 aromatic heterocycles. The van der Waals surface area contributed by atoms with Gasteiger partial charge < -0.3 is 10.2 Å². The first-order valence-corrected chi connectivity index (χ1v) is 9.57. The van der Waals surface area contributed by atoms with Crippen molar-refractivity contribution in [3.05, 3.63) is 65.5 Å². The number of anilines is 2. The molecule has 0 radical (unpaired) electrons. The molecule has 5 nitrogen and oxygen atoms in total. The molecule has 1 aliphatic carbocycles. The lowest BCUT2D eigenvalue weighted by Crippen LogP contribution is -2.45. The monoisotopic (exact) mass is 356 g/mol. The Morgan fingerprint density at radius 1 is 1.04 bits per heavy atom. The van der Waals surface area contributed by atoms with Crippen LogP contribution in [-0.2, 0) is 24.1 Å². The summed E-state index contributed by atoms with van der Waals surface area (Å²) in [5.74, 6) is 0.193. The van der Waals surface area contributed by atoms with Crippen LogP contribution >= 0.6 is 0 Å².